The molecule has 1 atom stereocenters. The first-order chi connectivity index (χ1) is 13.6. The van der Waals surface area contributed by atoms with E-state index < -0.39 is 0 Å². The highest BCUT2D eigenvalue weighted by Crippen LogP contribution is 2.33. The molecule has 6 heteroatoms. The summed E-state index contributed by atoms with van der Waals surface area (Å²) in [4.78, 5) is 33.6. The van der Waals surface area contributed by atoms with Gasteiger partial charge < -0.3 is 10.2 Å². The maximum atomic E-state index is 12.9. The standard InChI is InChI=1S/C22H27N3O2S/c1-15-6-10-25(11-7-15)22(27)20-13-18-12-17(2-3-19(18)28-20)21(26)24-14-16-4-8-23-9-5-16/h4-5,8-9,13,15,17H,2-3,6-7,10-12,14H2,1H3,(H,24,26)/t17-/m1/s1. The van der Waals surface area contributed by atoms with E-state index in [1.807, 2.05) is 23.1 Å². The van der Waals surface area contributed by atoms with Gasteiger partial charge in [0, 0.05) is 42.8 Å². The normalized spacial score (nSPS) is 19.9. The molecular formula is C22H27N3O2S. The molecule has 28 heavy (non-hydrogen) atoms. The molecule has 1 aliphatic heterocycles. The average Bonchev–Trinajstić information content (AvgIpc) is 3.16. The lowest BCUT2D eigenvalue weighted by molar-refractivity contribution is -0.125. The Balaban J connectivity index is 1.36. The minimum Gasteiger partial charge on any atom is -0.352 e. The van der Waals surface area contributed by atoms with Crippen LogP contribution in [0.1, 0.15) is 51.9 Å². The van der Waals surface area contributed by atoms with Crippen LogP contribution in [0.3, 0.4) is 0 Å². The molecule has 4 rings (SSSR count). The van der Waals surface area contributed by atoms with Gasteiger partial charge in [-0.15, -0.1) is 11.3 Å². The topological polar surface area (TPSA) is 62.3 Å². The van der Waals surface area contributed by atoms with E-state index in [2.05, 4.69) is 17.2 Å². The van der Waals surface area contributed by atoms with Gasteiger partial charge >= 0.3 is 0 Å². The van der Waals surface area contributed by atoms with E-state index in [1.54, 1.807) is 23.7 Å². The van der Waals surface area contributed by atoms with Gasteiger partial charge in [0.1, 0.15) is 0 Å². The van der Waals surface area contributed by atoms with E-state index in [4.69, 9.17) is 0 Å². The van der Waals surface area contributed by atoms with Crippen molar-refractivity contribution in [1.29, 1.82) is 0 Å². The molecule has 5 nitrogen and oxygen atoms in total. The summed E-state index contributed by atoms with van der Waals surface area (Å²) in [5.41, 5.74) is 2.24. The smallest absolute Gasteiger partial charge is 0.263 e. The fourth-order valence-corrected chi connectivity index (χ4v) is 5.23. The van der Waals surface area contributed by atoms with Crippen LogP contribution in [0.15, 0.2) is 30.6 Å². The lowest BCUT2D eigenvalue weighted by atomic mass is 9.87. The second kappa shape index (κ2) is 8.43. The summed E-state index contributed by atoms with van der Waals surface area (Å²) in [6.07, 6.45) is 8.14. The van der Waals surface area contributed by atoms with Crippen molar-refractivity contribution >= 4 is 23.2 Å². The monoisotopic (exact) mass is 397 g/mol. The fourth-order valence-electron chi connectivity index (χ4n) is 4.05. The molecule has 1 saturated heterocycles. The average molecular weight is 398 g/mol. The first-order valence-corrected chi connectivity index (χ1v) is 11.0. The van der Waals surface area contributed by atoms with Crippen molar-refractivity contribution in [3.8, 4) is 0 Å². The van der Waals surface area contributed by atoms with Crippen molar-refractivity contribution in [3.63, 3.8) is 0 Å². The number of nitrogens with zero attached hydrogens (tertiary/aromatic N) is 2. The van der Waals surface area contributed by atoms with E-state index in [-0.39, 0.29) is 17.7 Å². The van der Waals surface area contributed by atoms with Crippen molar-refractivity contribution in [2.75, 3.05) is 13.1 Å². The zero-order valence-corrected chi connectivity index (χ0v) is 17.1. The summed E-state index contributed by atoms with van der Waals surface area (Å²) in [5.74, 6) is 0.978. The highest BCUT2D eigenvalue weighted by molar-refractivity contribution is 7.14. The molecule has 1 aliphatic carbocycles. The molecule has 0 radical (unpaired) electrons. The number of aryl methyl sites for hydroxylation is 1. The van der Waals surface area contributed by atoms with Gasteiger partial charge in [0.15, 0.2) is 0 Å². The van der Waals surface area contributed by atoms with Crippen molar-refractivity contribution in [1.82, 2.24) is 15.2 Å². The maximum absolute atomic E-state index is 12.9. The predicted molar refractivity (Wildman–Crippen MR) is 110 cm³/mol. The van der Waals surface area contributed by atoms with Gasteiger partial charge in [0.05, 0.1) is 4.88 Å². The van der Waals surface area contributed by atoms with Gasteiger partial charge in [-0.2, -0.15) is 0 Å². The number of likely N-dealkylation sites (tertiary alicyclic amines) is 1. The molecule has 0 bridgehead atoms. The number of fused-ring (bicyclic) bond motifs is 1. The molecule has 1 fully saturated rings. The summed E-state index contributed by atoms with van der Waals surface area (Å²) in [6.45, 7) is 4.52. The molecule has 0 aromatic carbocycles. The molecule has 3 heterocycles. The van der Waals surface area contributed by atoms with E-state index in [0.717, 1.165) is 55.6 Å². The number of rotatable bonds is 4. The van der Waals surface area contributed by atoms with E-state index in [1.165, 1.54) is 10.4 Å². The number of carbonyl (C=O) groups excluding carboxylic acids is 2. The van der Waals surface area contributed by atoms with Gasteiger partial charge in [-0.25, -0.2) is 0 Å². The Hall–Kier alpha value is -2.21. The van der Waals surface area contributed by atoms with Gasteiger partial charge in [-0.3, -0.25) is 14.6 Å². The van der Waals surface area contributed by atoms with Crippen LogP contribution in [0.25, 0.3) is 0 Å². The van der Waals surface area contributed by atoms with E-state index in [0.29, 0.717) is 12.5 Å². The van der Waals surface area contributed by atoms with Crippen LogP contribution in [-0.2, 0) is 24.2 Å². The molecule has 2 amide bonds. The first kappa shape index (κ1) is 19.1. The Morgan fingerprint density at radius 3 is 2.71 bits per heavy atom. The number of thiophene rings is 1. The van der Waals surface area contributed by atoms with Gasteiger partial charge in [0.2, 0.25) is 5.91 Å². The summed E-state index contributed by atoms with van der Waals surface area (Å²) >= 11 is 1.63. The minimum absolute atomic E-state index is 0.0114. The zero-order valence-electron chi connectivity index (χ0n) is 16.3. The third-order valence-electron chi connectivity index (χ3n) is 5.95. The molecule has 0 spiro atoms. The largest absolute Gasteiger partial charge is 0.352 e. The van der Waals surface area contributed by atoms with Crippen LogP contribution >= 0.6 is 11.3 Å². The number of piperidine rings is 1. The van der Waals surface area contributed by atoms with Gasteiger partial charge in [-0.05, 0) is 67.3 Å². The number of pyridine rings is 1. The van der Waals surface area contributed by atoms with Crippen molar-refractivity contribution in [3.05, 3.63) is 51.5 Å². The van der Waals surface area contributed by atoms with Gasteiger partial charge in [-0.1, -0.05) is 6.92 Å². The number of hydrogen-bond donors (Lipinski definition) is 1. The third-order valence-corrected chi connectivity index (χ3v) is 7.18. The number of nitrogens with one attached hydrogen (secondary N) is 1. The number of aromatic nitrogens is 1. The Kier molecular flexibility index (Phi) is 5.76. The highest BCUT2D eigenvalue weighted by Gasteiger charge is 2.29. The number of carbonyl (C=O) groups is 2. The second-order valence-corrected chi connectivity index (χ2v) is 9.18. The van der Waals surface area contributed by atoms with Crippen LogP contribution in [0.4, 0.5) is 0 Å². The quantitative estimate of drug-likeness (QED) is 0.860. The Bertz CT molecular complexity index is 841. The first-order valence-electron chi connectivity index (χ1n) is 10.2. The molecular weight excluding hydrogens is 370 g/mol. The number of hydrogen-bond acceptors (Lipinski definition) is 4. The third kappa shape index (κ3) is 4.27. The molecule has 1 N–H and O–H groups in total. The SMILES string of the molecule is CC1CCN(C(=O)c2cc3c(s2)CC[C@@H](C(=O)NCc2ccncc2)C3)CC1. The highest BCUT2D eigenvalue weighted by atomic mass is 32.1. The summed E-state index contributed by atoms with van der Waals surface area (Å²) in [7, 11) is 0. The summed E-state index contributed by atoms with van der Waals surface area (Å²) in [5, 5.41) is 3.05. The van der Waals surface area contributed by atoms with Crippen LogP contribution in [0.5, 0.6) is 0 Å². The Morgan fingerprint density at radius 1 is 1.21 bits per heavy atom. The summed E-state index contributed by atoms with van der Waals surface area (Å²) < 4.78 is 0. The van der Waals surface area contributed by atoms with Crippen LogP contribution in [-0.4, -0.2) is 34.8 Å². The predicted octanol–water partition coefficient (Wildman–Crippen LogP) is 3.44. The molecule has 2 aromatic heterocycles. The molecule has 0 saturated carbocycles. The zero-order chi connectivity index (χ0) is 19.5. The van der Waals surface area contributed by atoms with Crippen LogP contribution < -0.4 is 5.32 Å². The second-order valence-electron chi connectivity index (χ2n) is 8.05. The molecule has 2 aromatic rings. The van der Waals surface area contributed by atoms with Gasteiger partial charge in [0.25, 0.3) is 5.91 Å². The molecule has 148 valence electrons. The van der Waals surface area contributed by atoms with Crippen LogP contribution in [0.2, 0.25) is 0 Å². The van der Waals surface area contributed by atoms with Crippen molar-refractivity contribution in [2.45, 2.75) is 45.6 Å². The van der Waals surface area contributed by atoms with E-state index in [9.17, 15) is 9.59 Å². The summed E-state index contributed by atoms with van der Waals surface area (Å²) in [6, 6.07) is 5.87. The lowest BCUT2D eigenvalue weighted by Crippen LogP contribution is -2.37. The van der Waals surface area contributed by atoms with Crippen LogP contribution in [0, 0.1) is 11.8 Å². The lowest BCUT2D eigenvalue weighted by Gasteiger charge is -2.29. The molecule has 2 aliphatic rings. The van der Waals surface area contributed by atoms with Crippen molar-refractivity contribution < 1.29 is 9.59 Å². The number of amides is 2. The maximum Gasteiger partial charge on any atom is 0.263 e. The Labute approximate surface area is 170 Å². The Morgan fingerprint density at radius 2 is 1.96 bits per heavy atom. The fraction of sp³-hybridized carbons (Fsp3) is 0.500. The molecule has 0 unspecified atom stereocenters. The van der Waals surface area contributed by atoms with E-state index >= 15 is 0 Å². The van der Waals surface area contributed by atoms with Crippen molar-refractivity contribution in [2.24, 2.45) is 11.8 Å². The minimum atomic E-state index is -0.0114.